The average Bonchev–Trinajstić information content (AvgIpc) is 2.74. The zero-order chi connectivity index (χ0) is 18.2. The zero-order valence-corrected chi connectivity index (χ0v) is 16.2. The van der Waals surface area contributed by atoms with Crippen LogP contribution in [0.4, 0.5) is 0 Å². The molecule has 1 aliphatic heterocycles. The van der Waals surface area contributed by atoms with E-state index in [-0.39, 0.29) is 23.6 Å². The first-order valence-corrected chi connectivity index (χ1v) is 9.77. The van der Waals surface area contributed by atoms with Crippen molar-refractivity contribution in [3.63, 3.8) is 0 Å². The Morgan fingerprint density at radius 1 is 0.692 bits per heavy atom. The fraction of sp³-hybridized carbons (Fsp3) is 0.478. The van der Waals surface area contributed by atoms with Crippen LogP contribution < -0.4 is 0 Å². The van der Waals surface area contributed by atoms with Gasteiger partial charge in [-0.15, -0.1) is 0 Å². The molecule has 0 N–H and O–H groups in total. The van der Waals surface area contributed by atoms with Gasteiger partial charge in [0.2, 0.25) is 0 Å². The summed E-state index contributed by atoms with van der Waals surface area (Å²) >= 11 is 0. The first-order chi connectivity index (χ1) is 12.3. The van der Waals surface area contributed by atoms with E-state index in [4.69, 9.17) is 9.31 Å². The maximum absolute atomic E-state index is 6.34. The van der Waals surface area contributed by atoms with Gasteiger partial charge in [-0.25, -0.2) is 0 Å². The molecular formula is C23H27BO2. The highest BCUT2D eigenvalue weighted by molar-refractivity contribution is 6.51. The maximum Gasteiger partial charge on any atom is 0.464 e. The van der Waals surface area contributed by atoms with E-state index in [0.717, 1.165) is 0 Å². The minimum atomic E-state index is -0.225. The van der Waals surface area contributed by atoms with Crippen molar-refractivity contribution in [3.8, 4) is 11.1 Å². The Hall–Kier alpha value is -1.58. The van der Waals surface area contributed by atoms with Crippen LogP contribution in [0, 0.1) is 0 Å². The van der Waals surface area contributed by atoms with E-state index in [2.05, 4.69) is 82.3 Å². The van der Waals surface area contributed by atoms with Gasteiger partial charge in [-0.3, -0.25) is 0 Å². The van der Waals surface area contributed by atoms with Crippen LogP contribution in [0.2, 0.25) is 5.31 Å². The molecular weight excluding hydrogens is 319 g/mol. The van der Waals surface area contributed by atoms with Crippen LogP contribution in [-0.2, 0) is 14.7 Å². The highest BCUT2D eigenvalue weighted by Gasteiger charge is 2.76. The second kappa shape index (κ2) is 5.02. The molecule has 26 heavy (non-hydrogen) atoms. The smallest absolute Gasteiger partial charge is 0.403 e. The standard InChI is InChI=1S/C23H27BO2/c1-20(2)21(3,4)26-24(25-20)23-14-22(15-23,16-23)19-12-10-18(11-13-19)17-8-6-5-7-9-17/h5-13H,14-16H2,1-4H3. The Morgan fingerprint density at radius 3 is 1.73 bits per heavy atom. The molecule has 2 nitrogen and oxygen atoms in total. The van der Waals surface area contributed by atoms with Gasteiger partial charge in [0.25, 0.3) is 0 Å². The first-order valence-electron chi connectivity index (χ1n) is 9.77. The topological polar surface area (TPSA) is 18.5 Å². The van der Waals surface area contributed by atoms with Crippen LogP contribution in [0.3, 0.4) is 0 Å². The highest BCUT2D eigenvalue weighted by atomic mass is 16.7. The Labute approximate surface area is 157 Å². The molecule has 0 amide bonds. The molecule has 134 valence electrons. The number of benzene rings is 2. The molecule has 0 radical (unpaired) electrons. The summed E-state index contributed by atoms with van der Waals surface area (Å²) in [7, 11) is -0.0435. The summed E-state index contributed by atoms with van der Waals surface area (Å²) in [5.41, 5.74) is 3.97. The lowest BCUT2D eigenvalue weighted by molar-refractivity contribution is -0.0383. The van der Waals surface area contributed by atoms with Gasteiger partial charge < -0.3 is 9.31 Å². The summed E-state index contributed by atoms with van der Waals surface area (Å²) in [6, 6.07) is 19.8. The minimum absolute atomic E-state index is 0.0435. The van der Waals surface area contributed by atoms with Gasteiger partial charge in [0.1, 0.15) is 0 Å². The van der Waals surface area contributed by atoms with Gasteiger partial charge in [-0.05, 0) is 69.1 Å². The molecule has 3 saturated carbocycles. The molecule has 1 saturated heterocycles. The summed E-state index contributed by atoms with van der Waals surface area (Å²) < 4.78 is 12.7. The van der Waals surface area contributed by atoms with Crippen molar-refractivity contribution in [2.75, 3.05) is 0 Å². The van der Waals surface area contributed by atoms with Crippen LogP contribution >= 0.6 is 0 Å². The maximum atomic E-state index is 6.34. The van der Waals surface area contributed by atoms with Crippen molar-refractivity contribution < 1.29 is 9.31 Å². The van der Waals surface area contributed by atoms with E-state index in [1.807, 2.05) is 0 Å². The second-order valence-electron chi connectivity index (χ2n) is 9.70. The monoisotopic (exact) mass is 346 g/mol. The molecule has 3 aliphatic carbocycles. The molecule has 1 heterocycles. The van der Waals surface area contributed by atoms with Gasteiger partial charge in [0.15, 0.2) is 0 Å². The normalized spacial score (nSPS) is 33.5. The summed E-state index contributed by atoms with van der Waals surface area (Å²) in [6.07, 6.45) is 3.59. The number of hydrogen-bond acceptors (Lipinski definition) is 2. The van der Waals surface area contributed by atoms with Crippen molar-refractivity contribution >= 4 is 7.12 Å². The van der Waals surface area contributed by atoms with E-state index in [1.54, 1.807) is 0 Å². The van der Waals surface area contributed by atoms with Gasteiger partial charge in [0.05, 0.1) is 11.2 Å². The van der Waals surface area contributed by atoms with Crippen molar-refractivity contribution in [1.29, 1.82) is 0 Å². The molecule has 0 unspecified atom stereocenters. The zero-order valence-electron chi connectivity index (χ0n) is 16.2. The predicted molar refractivity (Wildman–Crippen MR) is 106 cm³/mol. The van der Waals surface area contributed by atoms with Gasteiger partial charge in [0, 0.05) is 5.31 Å². The SMILES string of the molecule is CC1(C)OB(C23CC(c4ccc(-c5ccccc5)cc4)(C2)C3)OC1(C)C. The number of hydrogen-bond donors (Lipinski definition) is 0. The van der Waals surface area contributed by atoms with E-state index in [0.29, 0.717) is 5.41 Å². The quantitative estimate of drug-likeness (QED) is 0.672. The van der Waals surface area contributed by atoms with E-state index < -0.39 is 0 Å². The Morgan fingerprint density at radius 2 is 1.19 bits per heavy atom. The fourth-order valence-electron chi connectivity index (χ4n) is 5.16. The third-order valence-corrected chi connectivity index (χ3v) is 7.43. The lowest BCUT2D eigenvalue weighted by atomic mass is 9.23. The summed E-state index contributed by atoms with van der Waals surface area (Å²) in [5, 5.41) is 0.239. The Balaban J connectivity index is 1.31. The van der Waals surface area contributed by atoms with Crippen LogP contribution in [0.5, 0.6) is 0 Å². The molecule has 4 fully saturated rings. The van der Waals surface area contributed by atoms with E-state index in [1.165, 1.54) is 36.0 Å². The molecule has 0 spiro atoms. The third-order valence-electron chi connectivity index (χ3n) is 7.43. The van der Waals surface area contributed by atoms with Crippen molar-refractivity contribution in [2.24, 2.45) is 0 Å². The van der Waals surface area contributed by atoms with Gasteiger partial charge in [-0.1, -0.05) is 54.6 Å². The Bertz CT molecular complexity index is 802. The summed E-state index contributed by atoms with van der Waals surface area (Å²) in [4.78, 5) is 0. The fourth-order valence-corrected chi connectivity index (χ4v) is 5.16. The van der Waals surface area contributed by atoms with Crippen molar-refractivity contribution in [1.82, 2.24) is 0 Å². The van der Waals surface area contributed by atoms with Gasteiger partial charge >= 0.3 is 7.12 Å². The van der Waals surface area contributed by atoms with E-state index >= 15 is 0 Å². The highest BCUT2D eigenvalue weighted by Crippen LogP contribution is 2.80. The average molecular weight is 346 g/mol. The minimum Gasteiger partial charge on any atom is -0.403 e. The molecule has 2 bridgehead atoms. The molecule has 2 aromatic carbocycles. The van der Waals surface area contributed by atoms with Gasteiger partial charge in [-0.2, -0.15) is 0 Å². The van der Waals surface area contributed by atoms with Crippen molar-refractivity contribution in [3.05, 3.63) is 60.2 Å². The van der Waals surface area contributed by atoms with Crippen molar-refractivity contribution in [2.45, 2.75) is 68.9 Å². The lowest BCUT2D eigenvalue weighted by Crippen LogP contribution is -2.66. The van der Waals surface area contributed by atoms with Crippen LogP contribution in [0.25, 0.3) is 11.1 Å². The second-order valence-corrected chi connectivity index (χ2v) is 9.70. The lowest BCUT2D eigenvalue weighted by Gasteiger charge is -2.71. The summed E-state index contributed by atoms with van der Waals surface area (Å²) in [5.74, 6) is 0. The van der Waals surface area contributed by atoms with Crippen LogP contribution in [0.1, 0.15) is 52.5 Å². The molecule has 0 atom stereocenters. The molecule has 0 aromatic heterocycles. The van der Waals surface area contributed by atoms with E-state index in [9.17, 15) is 0 Å². The van der Waals surface area contributed by atoms with Crippen LogP contribution in [-0.4, -0.2) is 18.3 Å². The molecule has 4 aliphatic rings. The summed E-state index contributed by atoms with van der Waals surface area (Å²) in [6.45, 7) is 8.60. The molecule has 3 heteroatoms. The Kier molecular flexibility index (Phi) is 3.20. The number of rotatable bonds is 3. The molecule has 2 aromatic rings. The largest absolute Gasteiger partial charge is 0.464 e. The third kappa shape index (κ3) is 2.14. The molecule has 6 rings (SSSR count). The predicted octanol–water partition coefficient (Wildman–Crippen LogP) is 5.62. The van der Waals surface area contributed by atoms with Crippen LogP contribution in [0.15, 0.2) is 54.6 Å². The first kappa shape index (κ1) is 16.6.